The van der Waals surface area contributed by atoms with E-state index in [2.05, 4.69) is 24.3 Å². The monoisotopic (exact) mass is 668 g/mol. The number of aromatic nitrogens is 2. The van der Waals surface area contributed by atoms with Crippen molar-refractivity contribution in [1.29, 1.82) is 0 Å². The van der Waals surface area contributed by atoms with Crippen molar-refractivity contribution in [3.8, 4) is 66.9 Å². The Morgan fingerprint density at radius 1 is 0.392 bits per heavy atom. The quantitative estimate of drug-likeness (QED) is 0.104. The molecule has 9 aromatic rings. The highest BCUT2D eigenvalue weighted by Gasteiger charge is 2.35. The maximum absolute atomic E-state index is 16.3. The first kappa shape index (κ1) is 29.4. The molecule has 0 spiro atoms. The molecular weight excluding hydrogens is 645 g/mol. The van der Waals surface area contributed by atoms with E-state index in [0.29, 0.717) is 33.4 Å². The molecule has 0 saturated carbocycles. The van der Waals surface area contributed by atoms with Crippen LogP contribution in [0.5, 0.6) is 0 Å². The molecule has 0 fully saturated rings. The number of nitrogens with zero attached hydrogens (tertiary/aromatic N) is 2. The van der Waals surface area contributed by atoms with Crippen LogP contribution in [-0.4, -0.2) is 9.38 Å². The predicted molar refractivity (Wildman–Crippen MR) is 196 cm³/mol. The van der Waals surface area contributed by atoms with Gasteiger partial charge in [0.15, 0.2) is 23.3 Å². The van der Waals surface area contributed by atoms with Crippen LogP contribution in [0.4, 0.5) is 17.6 Å². The molecule has 242 valence electrons. The summed E-state index contributed by atoms with van der Waals surface area (Å²) in [7, 11) is 0. The number of rotatable bonds is 4. The van der Waals surface area contributed by atoms with Gasteiger partial charge in [0.25, 0.3) is 0 Å². The molecule has 2 aromatic heterocycles. The minimum Gasteiger partial charge on any atom is -0.306 e. The van der Waals surface area contributed by atoms with Crippen LogP contribution in [-0.2, 0) is 0 Å². The van der Waals surface area contributed by atoms with E-state index in [-0.39, 0.29) is 10.8 Å². The fraction of sp³-hybridized carbons (Fsp3) is 0. The molecule has 0 unspecified atom stereocenters. The predicted octanol–water partition coefficient (Wildman–Crippen LogP) is 12.5. The minimum atomic E-state index is -1.83. The van der Waals surface area contributed by atoms with Crippen LogP contribution in [0.2, 0.25) is 0 Å². The smallest absolute Gasteiger partial charge is 0.198 e. The Kier molecular flexibility index (Phi) is 6.33. The summed E-state index contributed by atoms with van der Waals surface area (Å²) < 4.78 is 65.0. The van der Waals surface area contributed by atoms with Crippen LogP contribution in [0, 0.1) is 23.3 Å². The highest BCUT2D eigenvalue weighted by Crippen LogP contribution is 2.59. The number of benzene rings is 7. The Balaban J connectivity index is 1.28. The van der Waals surface area contributed by atoms with Gasteiger partial charge in [-0.1, -0.05) is 121 Å². The maximum Gasteiger partial charge on any atom is 0.198 e. The molecule has 0 aliphatic heterocycles. The van der Waals surface area contributed by atoms with Gasteiger partial charge in [0.1, 0.15) is 5.65 Å². The van der Waals surface area contributed by atoms with E-state index in [0.717, 1.165) is 49.9 Å². The number of fused-ring (bicyclic) bond motifs is 5. The summed E-state index contributed by atoms with van der Waals surface area (Å²) in [5, 5.41) is 1.27. The van der Waals surface area contributed by atoms with Gasteiger partial charge in [-0.05, 0) is 67.4 Å². The standard InChI is InChI=1S/C45H24F4N2/c46-42-40-35(27-10-3-1-4-11-27)38-31-15-9-14-30-29(25-17-19-26(20-18-25)33-24-51-23-8-7-16-34(51)50-33)21-22-32(37(30)31)39(38)36(28-12-5-2-6-13-28)41(40)43(47)45(49)44(42)48/h1-24H. The van der Waals surface area contributed by atoms with Crippen LogP contribution in [0.1, 0.15) is 0 Å². The van der Waals surface area contributed by atoms with Gasteiger partial charge in [0.05, 0.1) is 5.69 Å². The largest absolute Gasteiger partial charge is 0.306 e. The Bertz CT molecular complexity index is 2740. The van der Waals surface area contributed by atoms with Crippen molar-refractivity contribution in [2.45, 2.75) is 0 Å². The van der Waals surface area contributed by atoms with Gasteiger partial charge in [-0.3, -0.25) is 0 Å². The van der Waals surface area contributed by atoms with Crippen molar-refractivity contribution in [3.05, 3.63) is 169 Å². The van der Waals surface area contributed by atoms with Crippen molar-refractivity contribution < 1.29 is 17.6 Å². The Morgan fingerprint density at radius 2 is 0.941 bits per heavy atom. The summed E-state index contributed by atoms with van der Waals surface area (Å²) in [5.74, 6) is -6.51. The highest BCUT2D eigenvalue weighted by atomic mass is 19.2. The first-order valence-corrected chi connectivity index (χ1v) is 16.6. The van der Waals surface area contributed by atoms with Crippen molar-refractivity contribution in [3.63, 3.8) is 0 Å². The fourth-order valence-corrected chi connectivity index (χ4v) is 7.90. The number of halogens is 4. The molecule has 0 bridgehead atoms. The van der Waals surface area contributed by atoms with Gasteiger partial charge >= 0.3 is 0 Å². The minimum absolute atomic E-state index is 0.289. The normalized spacial score (nSPS) is 11.9. The number of pyridine rings is 1. The second-order valence-electron chi connectivity index (χ2n) is 12.8. The SMILES string of the molecule is Fc1c(F)c(F)c2c(-c3ccccc3)c3c(c(-c4ccccc4)c2c1F)-c1cccc2c(-c4ccc(-c5cn6ccccc6n5)cc4)ccc-3c12. The van der Waals surface area contributed by atoms with Crippen molar-refractivity contribution in [2.75, 3.05) is 0 Å². The average molecular weight is 669 g/mol. The molecule has 6 heteroatoms. The zero-order valence-corrected chi connectivity index (χ0v) is 26.8. The lowest BCUT2D eigenvalue weighted by molar-refractivity contribution is 0.418. The molecule has 1 aliphatic rings. The molecule has 0 atom stereocenters. The lowest BCUT2D eigenvalue weighted by Gasteiger charge is -2.21. The second kappa shape index (κ2) is 11.0. The van der Waals surface area contributed by atoms with E-state index in [4.69, 9.17) is 4.98 Å². The molecule has 0 amide bonds. The van der Waals surface area contributed by atoms with Crippen molar-refractivity contribution in [1.82, 2.24) is 9.38 Å². The summed E-state index contributed by atoms with van der Waals surface area (Å²) in [6.45, 7) is 0. The van der Waals surface area contributed by atoms with E-state index in [1.165, 1.54) is 0 Å². The number of imidazole rings is 1. The summed E-state index contributed by atoms with van der Waals surface area (Å²) in [6.07, 6.45) is 3.97. The Hall–Kier alpha value is -6.53. The molecule has 2 nitrogen and oxygen atoms in total. The van der Waals surface area contributed by atoms with Gasteiger partial charge in [0.2, 0.25) is 0 Å². The fourth-order valence-electron chi connectivity index (χ4n) is 7.90. The topological polar surface area (TPSA) is 17.3 Å². The van der Waals surface area contributed by atoms with Crippen LogP contribution < -0.4 is 0 Å². The molecule has 0 radical (unpaired) electrons. The van der Waals surface area contributed by atoms with Crippen LogP contribution >= 0.6 is 0 Å². The average Bonchev–Trinajstić information content (AvgIpc) is 3.77. The van der Waals surface area contributed by atoms with Gasteiger partial charge in [-0.25, -0.2) is 22.5 Å². The zero-order chi connectivity index (χ0) is 34.4. The van der Waals surface area contributed by atoms with E-state index >= 15 is 17.6 Å². The number of hydrogen-bond donors (Lipinski definition) is 0. The third-order valence-corrected chi connectivity index (χ3v) is 10.1. The van der Waals surface area contributed by atoms with E-state index in [1.807, 2.05) is 77.5 Å². The van der Waals surface area contributed by atoms with E-state index < -0.39 is 23.3 Å². The maximum atomic E-state index is 16.3. The molecule has 0 saturated heterocycles. The van der Waals surface area contributed by atoms with Gasteiger partial charge in [-0.2, -0.15) is 0 Å². The van der Waals surface area contributed by atoms with E-state index in [1.54, 1.807) is 48.5 Å². The molecule has 7 aromatic carbocycles. The molecule has 0 N–H and O–H groups in total. The molecule has 2 heterocycles. The Morgan fingerprint density at radius 3 is 1.55 bits per heavy atom. The molecular formula is C45H24F4N2. The van der Waals surface area contributed by atoms with Gasteiger partial charge < -0.3 is 4.40 Å². The van der Waals surface area contributed by atoms with Gasteiger partial charge in [0, 0.05) is 39.9 Å². The van der Waals surface area contributed by atoms with Crippen LogP contribution in [0.15, 0.2) is 146 Å². The molecule has 1 aliphatic carbocycles. The third-order valence-electron chi connectivity index (χ3n) is 10.1. The van der Waals surface area contributed by atoms with E-state index in [9.17, 15) is 0 Å². The van der Waals surface area contributed by atoms with Crippen LogP contribution in [0.25, 0.3) is 94.1 Å². The molecule has 51 heavy (non-hydrogen) atoms. The second-order valence-corrected chi connectivity index (χ2v) is 12.8. The third kappa shape index (κ3) is 4.20. The highest BCUT2D eigenvalue weighted by molar-refractivity contribution is 6.29. The van der Waals surface area contributed by atoms with Crippen molar-refractivity contribution >= 4 is 27.2 Å². The first-order valence-electron chi connectivity index (χ1n) is 16.6. The lowest BCUT2D eigenvalue weighted by Crippen LogP contribution is -2.03. The first-order chi connectivity index (χ1) is 25.0. The van der Waals surface area contributed by atoms with Gasteiger partial charge in [-0.15, -0.1) is 0 Å². The lowest BCUT2D eigenvalue weighted by atomic mass is 9.82. The summed E-state index contributed by atoms with van der Waals surface area (Å²) >= 11 is 0. The number of hydrogen-bond acceptors (Lipinski definition) is 1. The zero-order valence-electron chi connectivity index (χ0n) is 26.8. The summed E-state index contributed by atoms with van der Waals surface area (Å²) in [4.78, 5) is 4.77. The summed E-state index contributed by atoms with van der Waals surface area (Å²) in [6, 6.07) is 42.1. The van der Waals surface area contributed by atoms with Crippen LogP contribution in [0.3, 0.4) is 0 Å². The molecule has 10 rings (SSSR count). The summed E-state index contributed by atoms with van der Waals surface area (Å²) in [5.41, 5.74) is 9.36. The van der Waals surface area contributed by atoms with Crippen molar-refractivity contribution in [2.24, 2.45) is 0 Å². The Labute approximate surface area is 289 Å².